The topological polar surface area (TPSA) is 84.7 Å². The van der Waals surface area contributed by atoms with Crippen molar-refractivity contribution in [2.45, 2.75) is 24.8 Å². The summed E-state index contributed by atoms with van der Waals surface area (Å²) in [6.07, 6.45) is -1.49. The van der Waals surface area contributed by atoms with Crippen molar-refractivity contribution in [1.29, 1.82) is 0 Å². The van der Waals surface area contributed by atoms with Gasteiger partial charge in [0, 0.05) is 11.8 Å². The average molecular weight is 419 g/mol. The predicted octanol–water partition coefficient (Wildman–Crippen LogP) is 2.93. The fourth-order valence-corrected chi connectivity index (χ4v) is 4.44. The van der Waals surface area contributed by atoms with Crippen molar-refractivity contribution >= 4 is 23.3 Å². The van der Waals surface area contributed by atoms with Crippen molar-refractivity contribution in [3.8, 4) is 0 Å². The second-order valence-corrected chi connectivity index (χ2v) is 7.68. The lowest BCUT2D eigenvalue weighted by atomic mass is 9.77. The van der Waals surface area contributed by atoms with Crippen LogP contribution in [0.4, 0.5) is 24.7 Å². The number of ether oxygens (including phenoxy) is 1. The number of rotatable bonds is 3. The van der Waals surface area contributed by atoms with E-state index in [1.165, 1.54) is 17.0 Å². The van der Waals surface area contributed by atoms with Gasteiger partial charge in [-0.05, 0) is 31.2 Å². The number of fused-ring (bicyclic) bond motifs is 1. The molecule has 1 aromatic heterocycles. The molecule has 5 rings (SSSR count). The number of anilines is 2. The second kappa shape index (κ2) is 6.18. The van der Waals surface area contributed by atoms with Crippen molar-refractivity contribution in [3.05, 3.63) is 53.8 Å². The summed E-state index contributed by atoms with van der Waals surface area (Å²) >= 11 is 0. The molecule has 2 bridgehead atoms. The Labute approximate surface area is 168 Å². The summed E-state index contributed by atoms with van der Waals surface area (Å²) in [5.74, 6) is -1.44. The molecule has 2 fully saturated rings. The smallest absolute Gasteiger partial charge is 0.360 e. The number of halogens is 3. The van der Waals surface area contributed by atoms with Crippen molar-refractivity contribution in [2.24, 2.45) is 11.8 Å². The Morgan fingerprint density at radius 3 is 2.67 bits per heavy atom. The van der Waals surface area contributed by atoms with Crippen LogP contribution in [-0.4, -0.2) is 35.2 Å². The van der Waals surface area contributed by atoms with Crippen LogP contribution in [0.25, 0.3) is 0 Å². The SMILES string of the molecule is Cc1cc(N2C[C@@]34C=C[C@@H](O3)[C@@H](C(=O)Nc3ccc(C(F)(F)F)cc3)[C@@H]4C2=O)no1. The summed E-state index contributed by atoms with van der Waals surface area (Å²) in [5.41, 5.74) is -1.53. The zero-order valence-corrected chi connectivity index (χ0v) is 15.6. The average Bonchev–Trinajstić information content (AvgIpc) is 3.42. The third kappa shape index (κ3) is 2.74. The van der Waals surface area contributed by atoms with Crippen LogP contribution < -0.4 is 10.2 Å². The number of aryl methyl sites for hydroxylation is 1. The number of hydrogen-bond donors (Lipinski definition) is 1. The highest BCUT2D eigenvalue weighted by Gasteiger charge is 2.67. The summed E-state index contributed by atoms with van der Waals surface area (Å²) in [4.78, 5) is 27.5. The van der Waals surface area contributed by atoms with Crippen LogP contribution in [0, 0.1) is 18.8 Å². The molecule has 2 saturated heterocycles. The van der Waals surface area contributed by atoms with E-state index in [9.17, 15) is 22.8 Å². The molecule has 0 unspecified atom stereocenters. The quantitative estimate of drug-likeness (QED) is 0.774. The van der Waals surface area contributed by atoms with Gasteiger partial charge in [-0.1, -0.05) is 17.3 Å². The first-order valence-corrected chi connectivity index (χ1v) is 9.28. The zero-order chi connectivity index (χ0) is 21.3. The highest BCUT2D eigenvalue weighted by atomic mass is 19.4. The van der Waals surface area contributed by atoms with Gasteiger partial charge in [0.05, 0.1) is 30.0 Å². The number of hydrogen-bond acceptors (Lipinski definition) is 5. The van der Waals surface area contributed by atoms with E-state index in [0.29, 0.717) is 11.6 Å². The number of amides is 2. The van der Waals surface area contributed by atoms with Crippen LogP contribution in [-0.2, 0) is 20.5 Å². The molecule has 156 valence electrons. The molecule has 2 aromatic rings. The fraction of sp³-hybridized carbons (Fsp3) is 0.350. The van der Waals surface area contributed by atoms with Gasteiger partial charge in [0.2, 0.25) is 11.8 Å². The Bertz CT molecular complexity index is 1060. The molecule has 2 amide bonds. The van der Waals surface area contributed by atoms with E-state index in [1.807, 2.05) is 0 Å². The van der Waals surface area contributed by atoms with Crippen LogP contribution in [0.5, 0.6) is 0 Å². The standard InChI is InChI=1S/C20H16F3N3O4/c1-10-8-14(25-30-10)26-9-19-7-6-13(29-19)15(16(19)18(26)28)17(27)24-12-4-2-11(3-5-12)20(21,22)23/h2-8,13,15-16H,9H2,1H3,(H,24,27)/t13-,15-,16-,19-/m1/s1. The van der Waals surface area contributed by atoms with Gasteiger partial charge >= 0.3 is 6.18 Å². The largest absolute Gasteiger partial charge is 0.416 e. The van der Waals surface area contributed by atoms with E-state index in [1.54, 1.807) is 25.1 Å². The molecule has 0 saturated carbocycles. The number of benzene rings is 1. The Balaban J connectivity index is 1.38. The molecule has 1 spiro atoms. The summed E-state index contributed by atoms with van der Waals surface area (Å²) in [7, 11) is 0. The molecule has 0 radical (unpaired) electrons. The van der Waals surface area contributed by atoms with Gasteiger partial charge in [-0.2, -0.15) is 13.2 Å². The van der Waals surface area contributed by atoms with E-state index in [-0.39, 0.29) is 18.1 Å². The lowest BCUT2D eigenvalue weighted by molar-refractivity contribution is -0.137. The minimum Gasteiger partial charge on any atom is -0.360 e. The molecule has 3 aliphatic rings. The van der Waals surface area contributed by atoms with Crippen molar-refractivity contribution in [3.63, 3.8) is 0 Å². The van der Waals surface area contributed by atoms with E-state index in [4.69, 9.17) is 9.26 Å². The van der Waals surface area contributed by atoms with Gasteiger partial charge in [0.1, 0.15) is 11.4 Å². The third-order valence-electron chi connectivity index (χ3n) is 5.77. The highest BCUT2D eigenvalue weighted by Crippen LogP contribution is 2.52. The fourth-order valence-electron chi connectivity index (χ4n) is 4.44. The lowest BCUT2D eigenvalue weighted by Gasteiger charge is -2.23. The van der Waals surface area contributed by atoms with E-state index >= 15 is 0 Å². The van der Waals surface area contributed by atoms with Crippen LogP contribution in [0.15, 0.2) is 47.0 Å². The Morgan fingerprint density at radius 1 is 1.30 bits per heavy atom. The third-order valence-corrected chi connectivity index (χ3v) is 5.77. The monoisotopic (exact) mass is 419 g/mol. The van der Waals surface area contributed by atoms with Crippen LogP contribution in [0.2, 0.25) is 0 Å². The second-order valence-electron chi connectivity index (χ2n) is 7.68. The Morgan fingerprint density at radius 2 is 2.03 bits per heavy atom. The number of nitrogens with zero attached hydrogens (tertiary/aromatic N) is 2. The summed E-state index contributed by atoms with van der Waals surface area (Å²) in [5, 5.41) is 6.49. The number of alkyl halides is 3. The molecule has 4 atom stereocenters. The van der Waals surface area contributed by atoms with E-state index in [2.05, 4.69) is 10.5 Å². The summed E-state index contributed by atoms with van der Waals surface area (Å²) in [6, 6.07) is 5.78. The van der Waals surface area contributed by atoms with Crippen molar-refractivity contribution < 1.29 is 32.0 Å². The maximum Gasteiger partial charge on any atom is 0.416 e. The van der Waals surface area contributed by atoms with Gasteiger partial charge in [-0.25, -0.2) is 0 Å². The Kier molecular flexibility index (Phi) is 3.88. The first-order valence-electron chi connectivity index (χ1n) is 9.28. The number of carbonyl (C=O) groups is 2. The van der Waals surface area contributed by atoms with Crippen LogP contribution in [0.1, 0.15) is 11.3 Å². The van der Waals surface area contributed by atoms with Gasteiger partial charge < -0.3 is 14.6 Å². The van der Waals surface area contributed by atoms with Crippen LogP contribution >= 0.6 is 0 Å². The maximum atomic E-state index is 13.1. The molecule has 3 aliphatic heterocycles. The van der Waals surface area contributed by atoms with E-state index in [0.717, 1.165) is 12.1 Å². The van der Waals surface area contributed by atoms with Crippen molar-refractivity contribution in [1.82, 2.24) is 5.16 Å². The molecule has 1 N–H and O–H groups in total. The highest BCUT2D eigenvalue weighted by molar-refractivity contribution is 6.05. The Hall–Kier alpha value is -3.14. The molecule has 7 nitrogen and oxygen atoms in total. The molecule has 10 heteroatoms. The minimum absolute atomic E-state index is 0.208. The predicted molar refractivity (Wildman–Crippen MR) is 97.4 cm³/mol. The summed E-state index contributed by atoms with van der Waals surface area (Å²) < 4.78 is 49.3. The van der Waals surface area contributed by atoms with Gasteiger partial charge in [0.25, 0.3) is 0 Å². The first kappa shape index (κ1) is 18.9. The molecule has 4 heterocycles. The lowest BCUT2D eigenvalue weighted by Crippen LogP contribution is -2.41. The van der Waals surface area contributed by atoms with E-state index < -0.39 is 41.2 Å². The number of aromatic nitrogens is 1. The normalized spacial score (nSPS) is 29.5. The number of carbonyl (C=O) groups excluding carboxylic acids is 2. The van der Waals surface area contributed by atoms with Gasteiger partial charge in [-0.3, -0.25) is 14.5 Å². The molecular formula is C20H16F3N3O4. The van der Waals surface area contributed by atoms with Gasteiger partial charge in [0.15, 0.2) is 5.82 Å². The summed E-state index contributed by atoms with van der Waals surface area (Å²) in [6.45, 7) is 1.91. The molecule has 30 heavy (non-hydrogen) atoms. The zero-order valence-electron chi connectivity index (χ0n) is 15.6. The molecular weight excluding hydrogens is 403 g/mol. The number of nitrogens with one attached hydrogen (secondary N) is 1. The van der Waals surface area contributed by atoms with Crippen molar-refractivity contribution in [2.75, 3.05) is 16.8 Å². The maximum absolute atomic E-state index is 13.1. The minimum atomic E-state index is -4.46. The van der Waals surface area contributed by atoms with Crippen LogP contribution in [0.3, 0.4) is 0 Å². The first-order chi connectivity index (χ1) is 14.2. The van der Waals surface area contributed by atoms with Gasteiger partial charge in [-0.15, -0.1) is 0 Å². The molecule has 0 aliphatic carbocycles. The molecule has 1 aromatic carbocycles.